The molecular formula is C15H27N3O2. The van der Waals surface area contributed by atoms with Gasteiger partial charge in [-0.1, -0.05) is 19.8 Å². The highest BCUT2D eigenvalue weighted by Crippen LogP contribution is 2.23. The minimum Gasteiger partial charge on any atom is -0.369 e. The summed E-state index contributed by atoms with van der Waals surface area (Å²) in [6, 6.07) is 0.347. The van der Waals surface area contributed by atoms with E-state index in [1.54, 1.807) is 0 Å². The molecular weight excluding hydrogens is 254 g/mol. The third kappa shape index (κ3) is 4.20. The Morgan fingerprint density at radius 3 is 2.40 bits per heavy atom. The largest absolute Gasteiger partial charge is 0.369 e. The van der Waals surface area contributed by atoms with Crippen LogP contribution in [0.5, 0.6) is 0 Å². The molecule has 0 aromatic rings. The van der Waals surface area contributed by atoms with Crippen LogP contribution in [-0.2, 0) is 9.59 Å². The molecule has 20 heavy (non-hydrogen) atoms. The first kappa shape index (κ1) is 15.3. The Kier molecular flexibility index (Phi) is 5.40. The summed E-state index contributed by atoms with van der Waals surface area (Å²) in [5.41, 5.74) is 5.32. The lowest BCUT2D eigenvalue weighted by molar-refractivity contribution is -0.125. The highest BCUT2D eigenvalue weighted by Gasteiger charge is 2.26. The van der Waals surface area contributed by atoms with E-state index in [0.29, 0.717) is 18.5 Å². The van der Waals surface area contributed by atoms with Gasteiger partial charge in [0.25, 0.3) is 0 Å². The van der Waals surface area contributed by atoms with Crippen LogP contribution >= 0.6 is 0 Å². The molecule has 114 valence electrons. The lowest BCUT2D eigenvalue weighted by atomic mass is 9.86. The van der Waals surface area contributed by atoms with E-state index in [-0.39, 0.29) is 17.7 Å². The Balaban J connectivity index is 1.71. The molecule has 2 aliphatic rings. The van der Waals surface area contributed by atoms with Gasteiger partial charge in [-0.05, 0) is 44.7 Å². The summed E-state index contributed by atoms with van der Waals surface area (Å²) in [6.45, 7) is 4.26. The maximum atomic E-state index is 12.1. The van der Waals surface area contributed by atoms with E-state index < -0.39 is 0 Å². The quantitative estimate of drug-likeness (QED) is 0.803. The van der Waals surface area contributed by atoms with Crippen molar-refractivity contribution in [3.63, 3.8) is 0 Å². The fourth-order valence-corrected chi connectivity index (χ4v) is 3.36. The molecule has 1 aliphatic heterocycles. The molecule has 0 radical (unpaired) electrons. The first-order chi connectivity index (χ1) is 9.56. The summed E-state index contributed by atoms with van der Waals surface area (Å²) >= 11 is 0. The van der Waals surface area contributed by atoms with Gasteiger partial charge < -0.3 is 11.1 Å². The van der Waals surface area contributed by atoms with Gasteiger partial charge in [0.05, 0.1) is 6.54 Å². The van der Waals surface area contributed by atoms with Crippen LogP contribution in [0, 0.1) is 11.8 Å². The summed E-state index contributed by atoms with van der Waals surface area (Å²) in [5, 5.41) is 3.18. The summed E-state index contributed by atoms with van der Waals surface area (Å²) in [5.74, 6) is 0.507. The predicted octanol–water partition coefficient (Wildman–Crippen LogP) is 0.879. The van der Waals surface area contributed by atoms with Crippen molar-refractivity contribution < 1.29 is 9.59 Å². The second-order valence-electron chi connectivity index (χ2n) is 6.39. The smallest absolute Gasteiger partial charge is 0.234 e. The van der Waals surface area contributed by atoms with Gasteiger partial charge in [0.2, 0.25) is 11.8 Å². The van der Waals surface area contributed by atoms with Crippen LogP contribution in [0.15, 0.2) is 0 Å². The highest BCUT2D eigenvalue weighted by atomic mass is 16.2. The Hall–Kier alpha value is -1.10. The van der Waals surface area contributed by atoms with Crippen molar-refractivity contribution in [3.05, 3.63) is 0 Å². The number of hydrogen-bond donors (Lipinski definition) is 2. The molecule has 2 fully saturated rings. The number of carbonyl (C=O) groups is 2. The van der Waals surface area contributed by atoms with Gasteiger partial charge in [0, 0.05) is 12.0 Å². The Morgan fingerprint density at radius 2 is 1.80 bits per heavy atom. The van der Waals surface area contributed by atoms with E-state index in [4.69, 9.17) is 5.73 Å². The van der Waals surface area contributed by atoms with Crippen LogP contribution in [-0.4, -0.2) is 42.4 Å². The summed E-state index contributed by atoms with van der Waals surface area (Å²) in [4.78, 5) is 25.3. The van der Waals surface area contributed by atoms with Crippen LogP contribution in [0.3, 0.4) is 0 Å². The normalized spacial score (nSPS) is 29.1. The third-order valence-corrected chi connectivity index (χ3v) is 4.82. The van der Waals surface area contributed by atoms with Crippen molar-refractivity contribution >= 4 is 11.8 Å². The molecule has 0 spiro atoms. The molecule has 1 saturated carbocycles. The number of amides is 2. The van der Waals surface area contributed by atoms with Gasteiger partial charge in [-0.2, -0.15) is 0 Å². The molecule has 2 unspecified atom stereocenters. The number of nitrogens with zero attached hydrogens (tertiary/aromatic N) is 1. The van der Waals surface area contributed by atoms with Crippen LogP contribution in [0.2, 0.25) is 0 Å². The minimum atomic E-state index is -0.204. The molecule has 1 aliphatic carbocycles. The summed E-state index contributed by atoms with van der Waals surface area (Å²) in [6.07, 6.45) is 6.39. The molecule has 5 heteroatoms. The number of nitrogens with two attached hydrogens (primary N) is 1. The van der Waals surface area contributed by atoms with E-state index in [2.05, 4.69) is 17.1 Å². The van der Waals surface area contributed by atoms with Crippen molar-refractivity contribution in [2.75, 3.05) is 19.6 Å². The number of carbonyl (C=O) groups excluding carboxylic acids is 2. The Morgan fingerprint density at radius 1 is 1.15 bits per heavy atom. The summed E-state index contributed by atoms with van der Waals surface area (Å²) < 4.78 is 0. The van der Waals surface area contributed by atoms with E-state index in [9.17, 15) is 9.59 Å². The van der Waals surface area contributed by atoms with Crippen molar-refractivity contribution in [3.8, 4) is 0 Å². The highest BCUT2D eigenvalue weighted by molar-refractivity contribution is 5.79. The maximum Gasteiger partial charge on any atom is 0.234 e. The molecule has 2 amide bonds. The SMILES string of the molecule is CC1CCCCC1NC(=O)CN1CCC(C(N)=O)CC1. The predicted molar refractivity (Wildman–Crippen MR) is 77.9 cm³/mol. The average molecular weight is 281 g/mol. The van der Waals surface area contributed by atoms with Crippen molar-refractivity contribution in [1.82, 2.24) is 10.2 Å². The van der Waals surface area contributed by atoms with Crippen molar-refractivity contribution in [2.24, 2.45) is 17.6 Å². The molecule has 2 atom stereocenters. The Bertz CT molecular complexity index is 351. The van der Waals surface area contributed by atoms with Crippen LogP contribution < -0.4 is 11.1 Å². The topological polar surface area (TPSA) is 75.4 Å². The lowest BCUT2D eigenvalue weighted by Gasteiger charge is -2.32. The van der Waals surface area contributed by atoms with Crippen LogP contribution in [0.25, 0.3) is 0 Å². The van der Waals surface area contributed by atoms with Gasteiger partial charge in [-0.3, -0.25) is 14.5 Å². The fourth-order valence-electron chi connectivity index (χ4n) is 3.36. The molecule has 1 saturated heterocycles. The van der Waals surface area contributed by atoms with Gasteiger partial charge >= 0.3 is 0 Å². The molecule has 2 rings (SSSR count). The fraction of sp³-hybridized carbons (Fsp3) is 0.867. The molecule has 0 bridgehead atoms. The van der Waals surface area contributed by atoms with Gasteiger partial charge in [0.15, 0.2) is 0 Å². The average Bonchev–Trinajstić information content (AvgIpc) is 2.42. The second-order valence-corrected chi connectivity index (χ2v) is 6.39. The maximum absolute atomic E-state index is 12.1. The molecule has 5 nitrogen and oxygen atoms in total. The monoisotopic (exact) mass is 281 g/mol. The molecule has 0 aromatic heterocycles. The van der Waals surface area contributed by atoms with E-state index in [1.165, 1.54) is 19.3 Å². The van der Waals surface area contributed by atoms with Crippen LogP contribution in [0.4, 0.5) is 0 Å². The zero-order chi connectivity index (χ0) is 14.5. The van der Waals surface area contributed by atoms with Gasteiger partial charge in [-0.15, -0.1) is 0 Å². The number of piperidine rings is 1. The third-order valence-electron chi connectivity index (χ3n) is 4.82. The minimum absolute atomic E-state index is 0.00678. The number of hydrogen-bond acceptors (Lipinski definition) is 3. The Labute approximate surface area is 121 Å². The molecule has 3 N–H and O–H groups in total. The van der Waals surface area contributed by atoms with Gasteiger partial charge in [-0.25, -0.2) is 0 Å². The zero-order valence-corrected chi connectivity index (χ0v) is 12.4. The van der Waals surface area contributed by atoms with Crippen molar-refractivity contribution in [2.45, 2.75) is 51.5 Å². The van der Waals surface area contributed by atoms with E-state index in [1.807, 2.05) is 0 Å². The number of nitrogens with one attached hydrogen (secondary N) is 1. The molecule has 1 heterocycles. The first-order valence-corrected chi connectivity index (χ1v) is 7.87. The number of rotatable bonds is 4. The molecule has 0 aromatic carbocycles. The first-order valence-electron chi connectivity index (χ1n) is 7.87. The van der Waals surface area contributed by atoms with E-state index >= 15 is 0 Å². The summed E-state index contributed by atoms with van der Waals surface area (Å²) in [7, 11) is 0. The van der Waals surface area contributed by atoms with Crippen molar-refractivity contribution in [1.29, 1.82) is 0 Å². The number of likely N-dealkylation sites (tertiary alicyclic amines) is 1. The number of primary amides is 1. The second kappa shape index (κ2) is 7.07. The van der Waals surface area contributed by atoms with Gasteiger partial charge in [0.1, 0.15) is 0 Å². The zero-order valence-electron chi connectivity index (χ0n) is 12.4. The van der Waals surface area contributed by atoms with E-state index in [0.717, 1.165) is 32.4 Å². The lowest BCUT2D eigenvalue weighted by Crippen LogP contribution is -2.47. The standard InChI is InChI=1S/C15H27N3O2/c1-11-4-2-3-5-13(11)17-14(19)10-18-8-6-12(7-9-18)15(16)20/h11-13H,2-10H2,1H3,(H2,16,20)(H,17,19). The van der Waals surface area contributed by atoms with Crippen LogP contribution in [0.1, 0.15) is 45.4 Å².